The number of nitrogens with one attached hydrogen (secondary N) is 1. The van der Waals surface area contributed by atoms with Crippen LogP contribution in [-0.2, 0) is 16.2 Å². The minimum absolute atomic E-state index is 0.221. The average Bonchev–Trinajstić information content (AvgIpc) is 2.59. The highest BCUT2D eigenvalue weighted by Gasteiger charge is 2.17. The topological polar surface area (TPSA) is 59.9 Å². The van der Waals surface area contributed by atoms with Crippen LogP contribution in [0.2, 0.25) is 0 Å². The zero-order valence-corrected chi connectivity index (χ0v) is 13.5. The molecule has 0 unspecified atom stereocenters. The number of aryl methyl sites for hydroxylation is 1. The van der Waals surface area contributed by atoms with Gasteiger partial charge in [-0.15, -0.1) is 0 Å². The van der Waals surface area contributed by atoms with Crippen molar-refractivity contribution < 1.29 is 14.4 Å². The van der Waals surface area contributed by atoms with Crippen molar-refractivity contribution in [2.24, 2.45) is 5.16 Å². The van der Waals surface area contributed by atoms with E-state index in [1.807, 2.05) is 55.5 Å². The fourth-order valence-electron chi connectivity index (χ4n) is 2.17. The maximum Gasteiger partial charge on any atom is 0.273 e. The van der Waals surface area contributed by atoms with Crippen molar-refractivity contribution in [1.82, 2.24) is 5.32 Å². The molecule has 5 nitrogen and oxygen atoms in total. The van der Waals surface area contributed by atoms with E-state index in [0.29, 0.717) is 12.2 Å². The summed E-state index contributed by atoms with van der Waals surface area (Å²) < 4.78 is 5.88. The van der Waals surface area contributed by atoms with E-state index >= 15 is 0 Å². The number of amides is 1. The second kappa shape index (κ2) is 7.98. The molecule has 1 N–H and O–H groups in total. The number of para-hydroxylation sites is 1. The third kappa shape index (κ3) is 4.10. The summed E-state index contributed by atoms with van der Waals surface area (Å²) in [5, 5.41) is 6.42. The number of ether oxygens (including phenoxy) is 1. The second-order valence-corrected chi connectivity index (χ2v) is 4.91. The first-order chi connectivity index (χ1) is 11.2. The van der Waals surface area contributed by atoms with Crippen LogP contribution < -0.4 is 10.1 Å². The minimum Gasteiger partial charge on any atom is -0.489 e. The van der Waals surface area contributed by atoms with Crippen LogP contribution >= 0.6 is 0 Å². The van der Waals surface area contributed by atoms with Crippen LogP contribution in [-0.4, -0.2) is 25.8 Å². The predicted octanol–water partition coefficient (Wildman–Crippen LogP) is 2.67. The molecule has 0 saturated heterocycles. The van der Waals surface area contributed by atoms with E-state index in [0.717, 1.165) is 16.9 Å². The lowest BCUT2D eigenvalue weighted by atomic mass is 10.0. The monoisotopic (exact) mass is 312 g/mol. The van der Waals surface area contributed by atoms with E-state index in [1.54, 1.807) is 7.05 Å². The minimum atomic E-state index is -0.310. The molecule has 5 heteroatoms. The van der Waals surface area contributed by atoms with Crippen molar-refractivity contribution in [1.29, 1.82) is 0 Å². The van der Waals surface area contributed by atoms with Gasteiger partial charge in [0, 0.05) is 12.6 Å². The normalized spacial score (nSPS) is 11.0. The predicted molar refractivity (Wildman–Crippen MR) is 89.6 cm³/mol. The molecule has 23 heavy (non-hydrogen) atoms. The Labute approximate surface area is 135 Å². The maximum atomic E-state index is 12.0. The Morgan fingerprint density at radius 2 is 1.83 bits per heavy atom. The Morgan fingerprint density at radius 1 is 1.13 bits per heavy atom. The zero-order valence-electron chi connectivity index (χ0n) is 13.5. The molecule has 0 aromatic heterocycles. The van der Waals surface area contributed by atoms with Gasteiger partial charge in [-0.1, -0.05) is 47.6 Å². The van der Waals surface area contributed by atoms with Gasteiger partial charge in [-0.2, -0.15) is 0 Å². The lowest BCUT2D eigenvalue weighted by Crippen LogP contribution is -2.29. The molecule has 0 fully saturated rings. The van der Waals surface area contributed by atoms with E-state index in [1.165, 1.54) is 7.11 Å². The smallest absolute Gasteiger partial charge is 0.273 e. The number of hydrogen-bond acceptors (Lipinski definition) is 4. The summed E-state index contributed by atoms with van der Waals surface area (Å²) >= 11 is 0. The molecule has 120 valence electrons. The number of carbonyl (C=O) groups is 1. The Morgan fingerprint density at radius 3 is 2.52 bits per heavy atom. The molecular weight excluding hydrogens is 292 g/mol. The fraction of sp³-hybridized carbons (Fsp3) is 0.222. The molecule has 0 aliphatic rings. The lowest BCUT2D eigenvalue weighted by molar-refractivity contribution is -0.114. The number of hydrogen-bond donors (Lipinski definition) is 1. The quantitative estimate of drug-likeness (QED) is 0.659. The van der Waals surface area contributed by atoms with Crippen LogP contribution in [0.5, 0.6) is 5.75 Å². The van der Waals surface area contributed by atoms with Crippen LogP contribution in [0.4, 0.5) is 0 Å². The molecule has 2 rings (SSSR count). The van der Waals surface area contributed by atoms with Crippen molar-refractivity contribution in [3.8, 4) is 5.75 Å². The summed E-state index contributed by atoms with van der Waals surface area (Å²) in [6.45, 7) is 2.32. The first kappa shape index (κ1) is 16.5. The first-order valence-electron chi connectivity index (χ1n) is 7.27. The lowest BCUT2D eigenvalue weighted by Gasteiger charge is -2.13. The van der Waals surface area contributed by atoms with Gasteiger partial charge in [-0.3, -0.25) is 4.79 Å². The number of carbonyl (C=O) groups excluding carboxylic acids is 1. The highest BCUT2D eigenvalue weighted by molar-refractivity contribution is 6.45. The van der Waals surface area contributed by atoms with E-state index in [4.69, 9.17) is 9.57 Å². The molecule has 1 amide bonds. The van der Waals surface area contributed by atoms with Gasteiger partial charge in [0.25, 0.3) is 5.91 Å². The largest absolute Gasteiger partial charge is 0.489 e. The van der Waals surface area contributed by atoms with Crippen LogP contribution in [0.15, 0.2) is 53.7 Å². The van der Waals surface area contributed by atoms with Crippen LogP contribution in [0.1, 0.15) is 16.7 Å². The van der Waals surface area contributed by atoms with Crippen molar-refractivity contribution in [3.63, 3.8) is 0 Å². The van der Waals surface area contributed by atoms with Gasteiger partial charge in [0.2, 0.25) is 0 Å². The fourth-order valence-corrected chi connectivity index (χ4v) is 2.17. The molecule has 0 bridgehead atoms. The third-order valence-corrected chi connectivity index (χ3v) is 3.37. The van der Waals surface area contributed by atoms with Crippen LogP contribution in [0.25, 0.3) is 0 Å². The zero-order chi connectivity index (χ0) is 16.7. The molecule has 2 aromatic rings. The summed E-state index contributed by atoms with van der Waals surface area (Å²) in [5.41, 5.74) is 2.82. The molecule has 0 atom stereocenters. The Balaban J connectivity index is 2.28. The number of likely N-dealkylation sites (N-methyl/N-ethyl adjacent to an activating group) is 1. The van der Waals surface area contributed by atoms with Crippen LogP contribution in [0, 0.1) is 6.92 Å². The molecule has 2 aromatic carbocycles. The summed E-state index contributed by atoms with van der Waals surface area (Å²) in [5.74, 6) is 0.502. The van der Waals surface area contributed by atoms with Crippen molar-refractivity contribution in [2.45, 2.75) is 13.5 Å². The summed E-state index contributed by atoms with van der Waals surface area (Å²) in [6.07, 6.45) is 0. The number of oxime groups is 1. The molecule has 0 heterocycles. The molecular formula is C18H20N2O3. The van der Waals surface area contributed by atoms with Gasteiger partial charge < -0.3 is 14.9 Å². The molecule has 0 saturated carbocycles. The molecule has 0 spiro atoms. The highest BCUT2D eigenvalue weighted by atomic mass is 16.6. The number of nitrogens with zero attached hydrogens (tertiary/aromatic N) is 1. The third-order valence-electron chi connectivity index (χ3n) is 3.37. The van der Waals surface area contributed by atoms with Crippen LogP contribution in [0.3, 0.4) is 0 Å². The van der Waals surface area contributed by atoms with Crippen molar-refractivity contribution >= 4 is 11.6 Å². The van der Waals surface area contributed by atoms with E-state index in [-0.39, 0.29) is 11.6 Å². The Kier molecular flexibility index (Phi) is 5.74. The van der Waals surface area contributed by atoms with Crippen molar-refractivity contribution in [2.75, 3.05) is 14.2 Å². The molecule has 0 aliphatic heterocycles. The Hall–Kier alpha value is -2.82. The average molecular weight is 312 g/mol. The maximum absolute atomic E-state index is 12.0. The van der Waals surface area contributed by atoms with Gasteiger partial charge in [-0.05, 0) is 24.1 Å². The highest BCUT2D eigenvalue weighted by Crippen LogP contribution is 2.19. The Bertz CT molecular complexity index is 711. The standard InChI is InChI=1S/C18H20N2O3/c1-13-8-4-7-11-16(13)23-12-14-9-5-6-10-15(14)17(20-22-3)18(21)19-2/h4-11H,12H2,1-3H3,(H,19,21). The van der Waals surface area contributed by atoms with Gasteiger partial charge in [0.05, 0.1) is 0 Å². The van der Waals surface area contributed by atoms with Gasteiger partial charge in [0.15, 0.2) is 5.71 Å². The summed E-state index contributed by atoms with van der Waals surface area (Å²) in [7, 11) is 2.97. The summed E-state index contributed by atoms with van der Waals surface area (Å²) in [4.78, 5) is 16.8. The van der Waals surface area contributed by atoms with Gasteiger partial charge in [0.1, 0.15) is 19.5 Å². The van der Waals surface area contributed by atoms with E-state index in [2.05, 4.69) is 10.5 Å². The second-order valence-electron chi connectivity index (χ2n) is 4.91. The number of benzene rings is 2. The molecule has 0 aliphatic carbocycles. The van der Waals surface area contributed by atoms with Gasteiger partial charge >= 0.3 is 0 Å². The van der Waals surface area contributed by atoms with E-state index < -0.39 is 0 Å². The number of rotatable bonds is 6. The van der Waals surface area contributed by atoms with Crippen molar-refractivity contribution in [3.05, 3.63) is 65.2 Å². The SMILES string of the molecule is CNC(=O)C(=NOC)c1ccccc1COc1ccccc1C. The summed E-state index contributed by atoms with van der Waals surface area (Å²) in [6, 6.07) is 15.3. The first-order valence-corrected chi connectivity index (χ1v) is 7.27. The molecule has 0 radical (unpaired) electrons. The van der Waals surface area contributed by atoms with E-state index in [9.17, 15) is 4.79 Å². The van der Waals surface area contributed by atoms with Gasteiger partial charge in [-0.25, -0.2) is 0 Å².